The summed E-state index contributed by atoms with van der Waals surface area (Å²) in [6.07, 6.45) is 8.61. The molecule has 1 amide bonds. The summed E-state index contributed by atoms with van der Waals surface area (Å²) in [6, 6.07) is 0. The van der Waals surface area contributed by atoms with E-state index in [2.05, 4.69) is 32.9 Å². The molecule has 1 heterocycles. The second-order valence-electron chi connectivity index (χ2n) is 3.66. The predicted octanol–water partition coefficient (Wildman–Crippen LogP) is 0.777. The van der Waals surface area contributed by atoms with Gasteiger partial charge in [-0.2, -0.15) is 15.4 Å². The summed E-state index contributed by atoms with van der Waals surface area (Å²) in [5.41, 5.74) is 0.759. The molecule has 0 radical (unpaired) electrons. The highest BCUT2D eigenvalue weighted by atomic mass is 16.1. The highest BCUT2D eigenvalue weighted by Gasteiger charge is 2.18. The first-order valence-electron chi connectivity index (χ1n) is 5.13. The number of H-pyrrole nitrogens is 1. The van der Waals surface area contributed by atoms with Crippen molar-refractivity contribution in [3.05, 3.63) is 24.0 Å². The summed E-state index contributed by atoms with van der Waals surface area (Å²) in [5, 5.41) is 12.9. The number of rotatable bonds is 3. The van der Waals surface area contributed by atoms with E-state index in [1.165, 1.54) is 0 Å². The van der Waals surface area contributed by atoms with E-state index in [9.17, 15) is 4.79 Å². The maximum absolute atomic E-state index is 11.7. The quantitative estimate of drug-likeness (QED) is 0.718. The van der Waals surface area contributed by atoms with Gasteiger partial charge in [-0.15, -0.1) is 0 Å². The Kier molecular flexibility index (Phi) is 3.11. The van der Waals surface area contributed by atoms with Gasteiger partial charge in [0.2, 0.25) is 5.91 Å². The zero-order valence-corrected chi connectivity index (χ0v) is 8.44. The summed E-state index contributed by atoms with van der Waals surface area (Å²) in [5.74, 6) is 0.240. The highest BCUT2D eigenvalue weighted by molar-refractivity contribution is 5.78. The van der Waals surface area contributed by atoms with Crippen LogP contribution in [0.3, 0.4) is 0 Å². The molecule has 1 aliphatic carbocycles. The van der Waals surface area contributed by atoms with Gasteiger partial charge in [-0.1, -0.05) is 12.2 Å². The first-order chi connectivity index (χ1) is 7.36. The van der Waals surface area contributed by atoms with Crippen molar-refractivity contribution in [2.45, 2.75) is 25.8 Å². The molecule has 5 nitrogen and oxygen atoms in total. The molecule has 2 rings (SSSR count). The van der Waals surface area contributed by atoms with Gasteiger partial charge in [-0.25, -0.2) is 0 Å². The van der Waals surface area contributed by atoms with E-state index in [4.69, 9.17) is 0 Å². The summed E-state index contributed by atoms with van der Waals surface area (Å²) >= 11 is 0. The number of carbonyl (C=O) groups is 1. The predicted molar refractivity (Wildman–Crippen MR) is 54.7 cm³/mol. The molecular formula is C10H14N4O. The maximum atomic E-state index is 11.7. The van der Waals surface area contributed by atoms with E-state index in [1.54, 1.807) is 6.20 Å². The van der Waals surface area contributed by atoms with Crippen LogP contribution in [0.15, 0.2) is 18.3 Å². The molecule has 0 spiro atoms. The lowest BCUT2D eigenvalue weighted by Crippen LogP contribution is -2.30. The molecule has 0 bridgehead atoms. The van der Waals surface area contributed by atoms with E-state index in [0.717, 1.165) is 25.0 Å². The van der Waals surface area contributed by atoms with Crippen molar-refractivity contribution in [1.29, 1.82) is 0 Å². The number of nitrogens with zero attached hydrogens (tertiary/aromatic N) is 2. The number of aromatic nitrogens is 3. The van der Waals surface area contributed by atoms with Crippen molar-refractivity contribution in [2.75, 3.05) is 0 Å². The third-order valence-corrected chi connectivity index (χ3v) is 2.55. The Morgan fingerprint density at radius 1 is 1.60 bits per heavy atom. The van der Waals surface area contributed by atoms with Gasteiger partial charge in [-0.05, 0) is 19.3 Å². The molecule has 0 aromatic carbocycles. The van der Waals surface area contributed by atoms with Crippen LogP contribution in [0.5, 0.6) is 0 Å². The van der Waals surface area contributed by atoms with Gasteiger partial charge in [0.1, 0.15) is 5.69 Å². The van der Waals surface area contributed by atoms with E-state index in [1.807, 2.05) is 0 Å². The molecule has 1 aliphatic rings. The largest absolute Gasteiger partial charge is 0.350 e. The number of hydrogen-bond acceptors (Lipinski definition) is 3. The van der Waals surface area contributed by atoms with Crippen LogP contribution in [-0.4, -0.2) is 21.3 Å². The topological polar surface area (TPSA) is 70.7 Å². The zero-order valence-electron chi connectivity index (χ0n) is 8.44. The van der Waals surface area contributed by atoms with Crippen molar-refractivity contribution in [2.24, 2.45) is 5.92 Å². The monoisotopic (exact) mass is 206 g/mol. The molecule has 2 N–H and O–H groups in total. The summed E-state index contributed by atoms with van der Waals surface area (Å²) in [4.78, 5) is 11.7. The Hall–Kier alpha value is -1.65. The van der Waals surface area contributed by atoms with Crippen LogP contribution >= 0.6 is 0 Å². The van der Waals surface area contributed by atoms with Crippen LogP contribution in [0.4, 0.5) is 0 Å². The summed E-state index contributed by atoms with van der Waals surface area (Å²) in [6.45, 7) is 0.454. The summed E-state index contributed by atoms with van der Waals surface area (Å²) in [7, 11) is 0. The van der Waals surface area contributed by atoms with Gasteiger partial charge < -0.3 is 5.32 Å². The Labute approximate surface area is 88.0 Å². The van der Waals surface area contributed by atoms with Gasteiger partial charge in [0.05, 0.1) is 12.7 Å². The number of aromatic amines is 1. The van der Waals surface area contributed by atoms with Crippen molar-refractivity contribution >= 4 is 5.91 Å². The molecule has 5 heteroatoms. The van der Waals surface area contributed by atoms with Crippen LogP contribution in [0.1, 0.15) is 25.0 Å². The number of nitrogens with one attached hydrogen (secondary N) is 2. The molecule has 0 saturated carbocycles. The number of carbonyl (C=O) groups excluding carboxylic acids is 1. The molecular weight excluding hydrogens is 192 g/mol. The maximum Gasteiger partial charge on any atom is 0.223 e. The lowest BCUT2D eigenvalue weighted by molar-refractivity contribution is -0.125. The van der Waals surface area contributed by atoms with E-state index in [0.29, 0.717) is 6.54 Å². The van der Waals surface area contributed by atoms with Crippen LogP contribution in [-0.2, 0) is 11.3 Å². The third kappa shape index (κ3) is 2.65. The average molecular weight is 206 g/mol. The van der Waals surface area contributed by atoms with Crippen molar-refractivity contribution < 1.29 is 4.79 Å². The lowest BCUT2D eigenvalue weighted by atomic mass is 9.94. The Balaban J connectivity index is 1.79. The molecule has 1 aromatic heterocycles. The standard InChI is InChI=1S/C10H14N4O/c15-10(8-4-2-1-3-5-8)11-6-9-7-12-14-13-9/h1-2,7-8H,3-6H2,(H,11,15)(H,12,13,14). The van der Waals surface area contributed by atoms with E-state index < -0.39 is 0 Å². The van der Waals surface area contributed by atoms with Crippen LogP contribution < -0.4 is 5.32 Å². The van der Waals surface area contributed by atoms with Crippen molar-refractivity contribution in [1.82, 2.24) is 20.7 Å². The van der Waals surface area contributed by atoms with Gasteiger partial charge in [0.15, 0.2) is 0 Å². The molecule has 80 valence electrons. The molecule has 0 fully saturated rings. The SMILES string of the molecule is O=C(NCc1cn[nH]n1)C1CC=CCC1. The number of allylic oxidation sites excluding steroid dienone is 2. The number of hydrogen-bond donors (Lipinski definition) is 2. The fraction of sp³-hybridized carbons (Fsp3) is 0.500. The fourth-order valence-corrected chi connectivity index (χ4v) is 1.66. The highest BCUT2D eigenvalue weighted by Crippen LogP contribution is 2.17. The third-order valence-electron chi connectivity index (χ3n) is 2.55. The van der Waals surface area contributed by atoms with E-state index >= 15 is 0 Å². The average Bonchev–Trinajstić information content (AvgIpc) is 2.80. The Morgan fingerprint density at radius 2 is 2.53 bits per heavy atom. The second kappa shape index (κ2) is 4.72. The minimum Gasteiger partial charge on any atom is -0.350 e. The molecule has 15 heavy (non-hydrogen) atoms. The minimum absolute atomic E-state index is 0.113. The Bertz CT molecular complexity index is 344. The normalized spacial score (nSPS) is 20.1. The van der Waals surface area contributed by atoms with Gasteiger partial charge in [0, 0.05) is 5.92 Å². The van der Waals surface area contributed by atoms with Gasteiger partial charge in [-0.3, -0.25) is 4.79 Å². The first-order valence-corrected chi connectivity index (χ1v) is 5.13. The van der Waals surface area contributed by atoms with Crippen LogP contribution in [0.25, 0.3) is 0 Å². The zero-order chi connectivity index (χ0) is 10.5. The lowest BCUT2D eigenvalue weighted by Gasteiger charge is -2.16. The van der Waals surface area contributed by atoms with Crippen molar-refractivity contribution in [3.63, 3.8) is 0 Å². The summed E-state index contributed by atoms with van der Waals surface area (Å²) < 4.78 is 0. The first kappa shape index (κ1) is 9.89. The van der Waals surface area contributed by atoms with Crippen LogP contribution in [0.2, 0.25) is 0 Å². The fourth-order valence-electron chi connectivity index (χ4n) is 1.66. The minimum atomic E-state index is 0.113. The van der Waals surface area contributed by atoms with Crippen LogP contribution in [0, 0.1) is 5.92 Å². The van der Waals surface area contributed by atoms with Gasteiger partial charge in [0.25, 0.3) is 0 Å². The number of amides is 1. The molecule has 0 saturated heterocycles. The molecule has 0 aliphatic heterocycles. The molecule has 1 aromatic rings. The van der Waals surface area contributed by atoms with Gasteiger partial charge >= 0.3 is 0 Å². The van der Waals surface area contributed by atoms with E-state index in [-0.39, 0.29) is 11.8 Å². The molecule has 1 atom stereocenters. The smallest absolute Gasteiger partial charge is 0.223 e. The van der Waals surface area contributed by atoms with Crippen molar-refractivity contribution in [3.8, 4) is 0 Å². The Morgan fingerprint density at radius 3 is 3.20 bits per heavy atom. The second-order valence-corrected chi connectivity index (χ2v) is 3.66. The molecule has 1 unspecified atom stereocenters.